The Morgan fingerprint density at radius 1 is 0.875 bits per heavy atom. The molecule has 0 N–H and O–H groups in total. The Bertz CT molecular complexity index is 579. The van der Waals surface area contributed by atoms with E-state index in [-0.39, 0.29) is 18.8 Å². The predicted octanol–water partition coefficient (Wildman–Crippen LogP) is 6.91. The maximum Gasteiger partial charge on any atom is 0.268 e. The minimum Gasteiger partial charge on any atom is -0.756 e. The number of allylic oxidation sites excluding steroid dienone is 2. The van der Waals surface area contributed by atoms with Crippen LogP contribution in [0, 0.1) is 0 Å². The van der Waals surface area contributed by atoms with Crippen LogP contribution in [0.5, 0.6) is 0 Å². The third kappa shape index (κ3) is 11.8. The zero-order valence-electron chi connectivity index (χ0n) is 21.2. The van der Waals surface area contributed by atoms with Crippen molar-refractivity contribution in [2.45, 2.75) is 128 Å². The molecule has 0 bridgehead atoms. The summed E-state index contributed by atoms with van der Waals surface area (Å²) in [5, 5.41) is 0. The molecule has 0 aromatic rings. The molecule has 3 atom stereocenters. The number of hydrogen-bond donors (Lipinski definition) is 0. The van der Waals surface area contributed by atoms with Gasteiger partial charge in [-0.3, -0.25) is 4.57 Å². The minimum atomic E-state index is -4.22. The average Bonchev–Trinajstić information content (AvgIpc) is 2.74. The van der Waals surface area contributed by atoms with Gasteiger partial charge in [0.1, 0.15) is 12.1 Å². The van der Waals surface area contributed by atoms with Crippen molar-refractivity contribution >= 4 is 7.82 Å². The van der Waals surface area contributed by atoms with Crippen LogP contribution in [-0.4, -0.2) is 44.4 Å². The van der Waals surface area contributed by atoms with Crippen molar-refractivity contribution in [1.82, 2.24) is 0 Å². The van der Waals surface area contributed by atoms with Crippen LogP contribution in [0.3, 0.4) is 0 Å². The van der Waals surface area contributed by atoms with Gasteiger partial charge in [0.25, 0.3) is 7.82 Å². The molecule has 0 amide bonds. The van der Waals surface area contributed by atoms with E-state index in [1.165, 1.54) is 70.6 Å². The molecule has 5 nitrogen and oxygen atoms in total. The lowest BCUT2D eigenvalue weighted by atomic mass is 9.91. The van der Waals surface area contributed by atoms with Crippen molar-refractivity contribution in [3.8, 4) is 0 Å². The zero-order valence-corrected chi connectivity index (χ0v) is 22.1. The Morgan fingerprint density at radius 3 is 2.12 bits per heavy atom. The third-order valence-corrected chi connectivity index (χ3v) is 8.23. The van der Waals surface area contributed by atoms with Gasteiger partial charge in [0.05, 0.1) is 27.7 Å². The van der Waals surface area contributed by atoms with E-state index < -0.39 is 7.82 Å². The second kappa shape index (κ2) is 14.9. The van der Waals surface area contributed by atoms with Gasteiger partial charge in [0, 0.05) is 6.42 Å². The Morgan fingerprint density at radius 2 is 1.47 bits per heavy atom. The molecule has 0 aromatic carbocycles. The molecule has 0 heterocycles. The van der Waals surface area contributed by atoms with Crippen LogP contribution in [0.2, 0.25) is 0 Å². The molecule has 1 unspecified atom stereocenters. The molecule has 0 aromatic heterocycles. The molecule has 0 saturated heterocycles. The predicted molar refractivity (Wildman–Crippen MR) is 131 cm³/mol. The standard InChI is InChI=1S/C26H50NO4P/c1-27(2,3)25-21-15-16-22-26(25)31-32(28,29)30-23-17-10-8-6-4-5-7-9-12-18-24-19-13-11-14-20-24/h18,25-26H,4-17,19-23H2,1-3H3/t25-,26-/m1/s1. The summed E-state index contributed by atoms with van der Waals surface area (Å²) < 4.78 is 23.7. The molecule has 0 spiro atoms. The van der Waals surface area contributed by atoms with Crippen molar-refractivity contribution in [1.29, 1.82) is 0 Å². The second-order valence-electron chi connectivity index (χ2n) is 10.9. The van der Waals surface area contributed by atoms with Gasteiger partial charge in [0.2, 0.25) is 0 Å². The number of nitrogens with zero attached hydrogens (tertiary/aromatic N) is 1. The van der Waals surface area contributed by atoms with Crippen LogP contribution in [-0.2, 0) is 13.6 Å². The number of likely N-dealkylation sites (N-methyl/N-ethyl adjacent to an activating group) is 1. The van der Waals surface area contributed by atoms with Crippen LogP contribution in [0.25, 0.3) is 0 Å². The van der Waals surface area contributed by atoms with Gasteiger partial charge in [-0.2, -0.15) is 0 Å². The highest BCUT2D eigenvalue weighted by Gasteiger charge is 2.37. The first-order valence-electron chi connectivity index (χ1n) is 13.4. The fraction of sp³-hybridized carbons (Fsp3) is 0.923. The Kier molecular flexibility index (Phi) is 13.1. The van der Waals surface area contributed by atoms with Crippen LogP contribution in [0.4, 0.5) is 0 Å². The molecule has 2 rings (SSSR count). The number of phosphoric ester groups is 1. The average molecular weight is 472 g/mol. The summed E-state index contributed by atoms with van der Waals surface area (Å²) in [4.78, 5) is 12.3. The highest BCUT2D eigenvalue weighted by atomic mass is 31.2. The molecular weight excluding hydrogens is 421 g/mol. The molecule has 2 aliphatic rings. The number of hydrogen-bond acceptors (Lipinski definition) is 4. The van der Waals surface area contributed by atoms with E-state index in [0.717, 1.165) is 49.4 Å². The van der Waals surface area contributed by atoms with Gasteiger partial charge in [-0.05, 0) is 57.8 Å². The van der Waals surface area contributed by atoms with Gasteiger partial charge in [0.15, 0.2) is 0 Å². The van der Waals surface area contributed by atoms with E-state index >= 15 is 0 Å². The zero-order chi connectivity index (χ0) is 23.3. The Hall–Kier alpha value is -0.190. The SMILES string of the molecule is C[N+](C)(C)[C@@H]1CCCC[C@H]1OP(=O)([O-])OCCCCCCCCCCC=C1CCCCC1. The minimum absolute atomic E-state index is 0.207. The normalized spacial score (nSPS) is 24.3. The quantitative estimate of drug-likeness (QED) is 0.113. The van der Waals surface area contributed by atoms with E-state index in [9.17, 15) is 9.46 Å². The van der Waals surface area contributed by atoms with Gasteiger partial charge in [-0.1, -0.05) is 63.0 Å². The van der Waals surface area contributed by atoms with E-state index in [2.05, 4.69) is 27.2 Å². The number of phosphoric acid groups is 1. The van der Waals surface area contributed by atoms with Gasteiger partial charge >= 0.3 is 0 Å². The Labute approximate surface area is 198 Å². The first kappa shape index (κ1) is 28.1. The smallest absolute Gasteiger partial charge is 0.268 e. The number of unbranched alkanes of at least 4 members (excludes halogenated alkanes) is 8. The summed E-state index contributed by atoms with van der Waals surface area (Å²) >= 11 is 0. The van der Waals surface area contributed by atoms with Crippen molar-refractivity contribution in [3.63, 3.8) is 0 Å². The lowest BCUT2D eigenvalue weighted by molar-refractivity contribution is -0.900. The number of rotatable bonds is 15. The molecule has 188 valence electrons. The van der Waals surface area contributed by atoms with Gasteiger partial charge < -0.3 is 18.4 Å². The summed E-state index contributed by atoms with van der Waals surface area (Å²) in [6.07, 6.45) is 23.8. The van der Waals surface area contributed by atoms with Crippen molar-refractivity contribution in [3.05, 3.63) is 11.6 Å². The summed E-state index contributed by atoms with van der Waals surface area (Å²) in [5.41, 5.74) is 1.71. The molecule has 0 aliphatic heterocycles. The van der Waals surface area contributed by atoms with Crippen LogP contribution >= 0.6 is 7.82 Å². The topological polar surface area (TPSA) is 58.6 Å². The number of quaternary nitrogens is 1. The lowest BCUT2D eigenvalue weighted by Crippen LogP contribution is -2.53. The van der Waals surface area contributed by atoms with Crippen molar-refractivity contribution < 1.29 is 23.0 Å². The molecule has 2 fully saturated rings. The van der Waals surface area contributed by atoms with Crippen molar-refractivity contribution in [2.24, 2.45) is 0 Å². The fourth-order valence-corrected chi connectivity index (χ4v) is 6.27. The Balaban J connectivity index is 1.45. The summed E-state index contributed by atoms with van der Waals surface area (Å²) in [6, 6.07) is 0.207. The third-order valence-electron chi connectivity index (χ3n) is 7.20. The van der Waals surface area contributed by atoms with Gasteiger partial charge in [-0.15, -0.1) is 0 Å². The largest absolute Gasteiger partial charge is 0.756 e. The molecular formula is C26H50NO4P. The highest BCUT2D eigenvalue weighted by Crippen LogP contribution is 2.44. The molecule has 2 saturated carbocycles. The van der Waals surface area contributed by atoms with Crippen LogP contribution in [0.15, 0.2) is 11.6 Å². The van der Waals surface area contributed by atoms with E-state index in [1.807, 2.05) is 0 Å². The van der Waals surface area contributed by atoms with Crippen LogP contribution in [0.1, 0.15) is 116 Å². The summed E-state index contributed by atoms with van der Waals surface area (Å²) in [6.45, 7) is 0.247. The maximum atomic E-state index is 12.3. The summed E-state index contributed by atoms with van der Waals surface area (Å²) in [7, 11) is 2.11. The molecule has 32 heavy (non-hydrogen) atoms. The van der Waals surface area contributed by atoms with Gasteiger partial charge in [-0.25, -0.2) is 0 Å². The maximum absolute atomic E-state index is 12.3. The second-order valence-corrected chi connectivity index (χ2v) is 12.3. The highest BCUT2D eigenvalue weighted by molar-refractivity contribution is 7.45. The van der Waals surface area contributed by atoms with E-state index in [4.69, 9.17) is 9.05 Å². The monoisotopic (exact) mass is 471 g/mol. The first-order valence-corrected chi connectivity index (χ1v) is 14.9. The van der Waals surface area contributed by atoms with E-state index in [0.29, 0.717) is 0 Å². The first-order chi connectivity index (χ1) is 15.3. The molecule has 6 heteroatoms. The van der Waals surface area contributed by atoms with E-state index in [1.54, 1.807) is 5.57 Å². The lowest BCUT2D eigenvalue weighted by Gasteiger charge is -2.43. The fourth-order valence-electron chi connectivity index (χ4n) is 5.28. The molecule has 2 aliphatic carbocycles. The summed E-state index contributed by atoms with van der Waals surface area (Å²) in [5.74, 6) is 0. The molecule has 0 radical (unpaired) electrons. The van der Waals surface area contributed by atoms with Crippen molar-refractivity contribution in [2.75, 3.05) is 27.7 Å². The van der Waals surface area contributed by atoms with Crippen LogP contribution < -0.4 is 4.89 Å².